The van der Waals surface area contributed by atoms with Crippen molar-refractivity contribution in [3.05, 3.63) is 21.3 Å². The zero-order valence-corrected chi connectivity index (χ0v) is 9.72. The molecule has 1 rings (SSSR count). The third kappa shape index (κ3) is 2.50. The minimum absolute atomic E-state index is 0.113. The smallest absolute Gasteiger partial charge is 0.171 e. The summed E-state index contributed by atoms with van der Waals surface area (Å²) in [6.45, 7) is 2.31. The number of aromatic hydroxyl groups is 1. The molecular weight excluding hydrogens is 297 g/mol. The number of oxime groups is 1. The van der Waals surface area contributed by atoms with Gasteiger partial charge in [-0.15, -0.1) is 0 Å². The molecule has 76 valence electrons. The molecule has 0 heterocycles. The molecule has 0 aromatic heterocycles. The Morgan fingerprint density at radius 2 is 2.29 bits per heavy atom. The van der Waals surface area contributed by atoms with Gasteiger partial charge in [0, 0.05) is 5.56 Å². The molecule has 0 bridgehead atoms. The van der Waals surface area contributed by atoms with Gasteiger partial charge in [0.25, 0.3) is 0 Å². The van der Waals surface area contributed by atoms with E-state index in [1.807, 2.05) is 29.5 Å². The van der Waals surface area contributed by atoms with Crippen LogP contribution in [-0.2, 0) is 0 Å². The second kappa shape index (κ2) is 5.04. The van der Waals surface area contributed by atoms with Crippen LogP contribution in [0.1, 0.15) is 12.5 Å². The van der Waals surface area contributed by atoms with Crippen LogP contribution in [0.4, 0.5) is 0 Å². The molecule has 14 heavy (non-hydrogen) atoms. The number of nitrogens with zero attached hydrogens (tertiary/aromatic N) is 1. The zero-order chi connectivity index (χ0) is 10.6. The lowest BCUT2D eigenvalue weighted by molar-refractivity contribution is 0.316. The van der Waals surface area contributed by atoms with Gasteiger partial charge in [0.15, 0.2) is 11.5 Å². The third-order valence-corrected chi connectivity index (χ3v) is 2.38. The third-order valence-electron chi connectivity index (χ3n) is 1.56. The molecule has 0 aliphatic rings. The van der Waals surface area contributed by atoms with Crippen LogP contribution in [-0.4, -0.2) is 23.1 Å². The Hall–Kier alpha value is -0.980. The summed E-state index contributed by atoms with van der Waals surface area (Å²) in [6, 6.07) is 3.30. The van der Waals surface area contributed by atoms with Gasteiger partial charge in [0.05, 0.1) is 16.4 Å². The molecule has 0 fully saturated rings. The summed E-state index contributed by atoms with van der Waals surface area (Å²) in [4.78, 5) is 0. The quantitative estimate of drug-likeness (QED) is 0.389. The normalized spacial score (nSPS) is 10.7. The molecule has 0 saturated heterocycles. The summed E-state index contributed by atoms with van der Waals surface area (Å²) in [5.74, 6) is 0.511. The number of halogens is 1. The van der Waals surface area contributed by atoms with Crippen molar-refractivity contribution in [1.82, 2.24) is 0 Å². The van der Waals surface area contributed by atoms with Crippen molar-refractivity contribution in [2.24, 2.45) is 5.16 Å². The Morgan fingerprint density at radius 1 is 1.57 bits per heavy atom. The zero-order valence-electron chi connectivity index (χ0n) is 7.57. The number of benzene rings is 1. The lowest BCUT2D eigenvalue weighted by Gasteiger charge is -2.07. The first-order valence-corrected chi connectivity index (χ1v) is 5.09. The van der Waals surface area contributed by atoms with Crippen molar-refractivity contribution in [3.63, 3.8) is 0 Å². The summed E-state index contributed by atoms with van der Waals surface area (Å²) in [7, 11) is 0. The van der Waals surface area contributed by atoms with E-state index in [0.717, 1.165) is 0 Å². The first kappa shape index (κ1) is 11.1. The van der Waals surface area contributed by atoms with Crippen LogP contribution >= 0.6 is 22.6 Å². The fraction of sp³-hybridized carbons (Fsp3) is 0.222. The summed E-state index contributed by atoms with van der Waals surface area (Å²) in [6.07, 6.45) is 1.28. The Labute approximate surface area is 95.3 Å². The van der Waals surface area contributed by atoms with E-state index in [1.54, 1.807) is 12.1 Å². The minimum atomic E-state index is 0.113. The maximum atomic E-state index is 9.58. The number of rotatable bonds is 3. The van der Waals surface area contributed by atoms with Gasteiger partial charge in [0.2, 0.25) is 0 Å². The number of phenols is 1. The van der Waals surface area contributed by atoms with Crippen molar-refractivity contribution in [2.75, 3.05) is 6.61 Å². The number of hydrogen-bond donors (Lipinski definition) is 2. The van der Waals surface area contributed by atoms with E-state index < -0.39 is 0 Å². The molecule has 1 aromatic carbocycles. The lowest BCUT2D eigenvalue weighted by atomic mass is 10.2. The van der Waals surface area contributed by atoms with Crippen LogP contribution in [0.3, 0.4) is 0 Å². The van der Waals surface area contributed by atoms with Crippen molar-refractivity contribution in [3.8, 4) is 11.5 Å². The van der Waals surface area contributed by atoms with Crippen molar-refractivity contribution < 1.29 is 15.1 Å². The van der Waals surface area contributed by atoms with Crippen molar-refractivity contribution >= 4 is 28.8 Å². The second-order valence-electron chi connectivity index (χ2n) is 2.53. The highest BCUT2D eigenvalue weighted by Crippen LogP contribution is 2.32. The molecule has 0 aliphatic heterocycles. The molecule has 5 heteroatoms. The van der Waals surface area contributed by atoms with Gasteiger partial charge in [-0.05, 0) is 41.6 Å². The number of phenolic OH excluding ortho intramolecular Hbond substituents is 1. The minimum Gasteiger partial charge on any atom is -0.504 e. The average Bonchev–Trinajstić information content (AvgIpc) is 2.14. The molecule has 0 aliphatic carbocycles. The van der Waals surface area contributed by atoms with E-state index in [1.165, 1.54) is 6.21 Å². The van der Waals surface area contributed by atoms with Gasteiger partial charge in [-0.1, -0.05) is 5.16 Å². The summed E-state index contributed by atoms with van der Waals surface area (Å²) in [5.41, 5.74) is 0.679. The molecule has 0 saturated carbocycles. The molecule has 0 amide bonds. The van der Waals surface area contributed by atoms with E-state index in [9.17, 15) is 5.11 Å². The van der Waals surface area contributed by atoms with Gasteiger partial charge in [-0.3, -0.25) is 0 Å². The largest absolute Gasteiger partial charge is 0.504 e. The fourth-order valence-electron chi connectivity index (χ4n) is 1.00. The predicted octanol–water partition coefficient (Wildman–Crippen LogP) is 2.20. The standard InChI is InChI=1S/C9H10INO3/c1-2-14-8-4-6(5-11-13)3-7(10)9(8)12/h3-5,12-13H,2H2,1H3. The predicted molar refractivity (Wildman–Crippen MR) is 61.4 cm³/mol. The Bertz CT molecular complexity index is 352. The van der Waals surface area contributed by atoms with Crippen LogP contribution in [0, 0.1) is 3.57 Å². The fourth-order valence-corrected chi connectivity index (χ4v) is 1.63. The summed E-state index contributed by atoms with van der Waals surface area (Å²) in [5, 5.41) is 20.9. The van der Waals surface area contributed by atoms with Crippen LogP contribution in [0.25, 0.3) is 0 Å². The molecule has 0 radical (unpaired) electrons. The first-order chi connectivity index (χ1) is 6.69. The number of ether oxygens (including phenoxy) is 1. The maximum absolute atomic E-state index is 9.58. The van der Waals surface area contributed by atoms with E-state index in [-0.39, 0.29) is 5.75 Å². The highest BCUT2D eigenvalue weighted by molar-refractivity contribution is 14.1. The van der Waals surface area contributed by atoms with E-state index in [0.29, 0.717) is 21.5 Å². The Kier molecular flexibility index (Phi) is 3.99. The second-order valence-corrected chi connectivity index (χ2v) is 3.69. The first-order valence-electron chi connectivity index (χ1n) is 4.01. The van der Waals surface area contributed by atoms with Gasteiger partial charge in [-0.25, -0.2) is 0 Å². The van der Waals surface area contributed by atoms with Crippen LogP contribution in [0.2, 0.25) is 0 Å². The van der Waals surface area contributed by atoms with Gasteiger partial charge in [0.1, 0.15) is 0 Å². The molecule has 4 nitrogen and oxygen atoms in total. The van der Waals surface area contributed by atoms with Crippen LogP contribution in [0.5, 0.6) is 11.5 Å². The SMILES string of the molecule is CCOc1cc(C=NO)cc(I)c1O. The maximum Gasteiger partial charge on any atom is 0.171 e. The molecular formula is C9H10INO3. The molecule has 0 atom stereocenters. The average molecular weight is 307 g/mol. The number of hydrogen-bond acceptors (Lipinski definition) is 4. The van der Waals surface area contributed by atoms with Gasteiger partial charge < -0.3 is 15.1 Å². The van der Waals surface area contributed by atoms with Gasteiger partial charge >= 0.3 is 0 Å². The lowest BCUT2D eigenvalue weighted by Crippen LogP contribution is -1.94. The molecule has 0 unspecified atom stereocenters. The highest BCUT2D eigenvalue weighted by Gasteiger charge is 2.07. The van der Waals surface area contributed by atoms with Crippen molar-refractivity contribution in [1.29, 1.82) is 0 Å². The van der Waals surface area contributed by atoms with E-state index >= 15 is 0 Å². The summed E-state index contributed by atoms with van der Waals surface area (Å²) >= 11 is 1.98. The summed E-state index contributed by atoms with van der Waals surface area (Å²) < 4.78 is 5.86. The van der Waals surface area contributed by atoms with Crippen LogP contribution < -0.4 is 4.74 Å². The van der Waals surface area contributed by atoms with Crippen molar-refractivity contribution in [2.45, 2.75) is 6.92 Å². The molecule has 0 spiro atoms. The van der Waals surface area contributed by atoms with Gasteiger partial charge in [-0.2, -0.15) is 0 Å². The van der Waals surface area contributed by atoms with E-state index in [4.69, 9.17) is 9.94 Å². The topological polar surface area (TPSA) is 62.0 Å². The molecule has 2 N–H and O–H groups in total. The van der Waals surface area contributed by atoms with Crippen LogP contribution in [0.15, 0.2) is 17.3 Å². The van der Waals surface area contributed by atoms with E-state index in [2.05, 4.69) is 5.16 Å². The molecule has 1 aromatic rings. The highest BCUT2D eigenvalue weighted by atomic mass is 127. The Balaban J connectivity index is 3.13. The monoisotopic (exact) mass is 307 g/mol. The Morgan fingerprint density at radius 3 is 2.86 bits per heavy atom.